The molecule has 1 aliphatic carbocycles. The highest BCUT2D eigenvalue weighted by atomic mass is 32.2. The van der Waals surface area contributed by atoms with Gasteiger partial charge in [-0.15, -0.1) is 0 Å². The molecule has 7 nitrogen and oxygen atoms in total. The molecule has 3 rings (SSSR count). The van der Waals surface area contributed by atoms with Crippen molar-refractivity contribution in [2.24, 2.45) is 11.1 Å². The van der Waals surface area contributed by atoms with E-state index in [1.54, 1.807) is 6.07 Å². The van der Waals surface area contributed by atoms with Crippen LogP contribution in [-0.2, 0) is 14.8 Å². The van der Waals surface area contributed by atoms with E-state index in [1.807, 2.05) is 4.90 Å². The molecule has 0 atom stereocenters. The highest BCUT2D eigenvalue weighted by molar-refractivity contribution is 7.89. The van der Waals surface area contributed by atoms with Crippen molar-refractivity contribution in [3.05, 3.63) is 23.8 Å². The number of primary sulfonamides is 1. The van der Waals surface area contributed by atoms with E-state index in [0.29, 0.717) is 37.8 Å². The summed E-state index contributed by atoms with van der Waals surface area (Å²) in [4.78, 5) is 14.9. The lowest BCUT2D eigenvalue weighted by Crippen LogP contribution is -2.40. The van der Waals surface area contributed by atoms with Gasteiger partial charge in [-0.2, -0.15) is 0 Å². The largest absolute Gasteiger partial charge is 0.378 e. The van der Waals surface area contributed by atoms with E-state index < -0.39 is 10.0 Å². The molecule has 0 bridgehead atoms. The molecule has 1 amide bonds. The smallest absolute Gasteiger partial charge is 0.253 e. The van der Waals surface area contributed by atoms with Gasteiger partial charge >= 0.3 is 0 Å². The zero-order chi connectivity index (χ0) is 18.7. The number of hydrogen-bond donors (Lipinski definition) is 2. The molecule has 1 aliphatic heterocycles. The number of nitrogens with two attached hydrogens (primary N) is 1. The van der Waals surface area contributed by atoms with E-state index in [4.69, 9.17) is 9.88 Å². The Hall–Kier alpha value is -1.64. The van der Waals surface area contributed by atoms with Crippen molar-refractivity contribution in [2.75, 3.05) is 31.2 Å². The average molecular weight is 381 g/mol. The van der Waals surface area contributed by atoms with Gasteiger partial charge in [-0.1, -0.05) is 6.92 Å². The van der Waals surface area contributed by atoms with Crippen LogP contribution in [0.4, 0.5) is 5.69 Å². The second-order valence-corrected chi connectivity index (χ2v) is 8.82. The summed E-state index contributed by atoms with van der Waals surface area (Å²) in [6, 6.07) is 4.65. The van der Waals surface area contributed by atoms with Gasteiger partial charge in [0.1, 0.15) is 0 Å². The average Bonchev–Trinajstić information content (AvgIpc) is 2.63. The molecule has 1 saturated carbocycles. The SMILES string of the molecule is CC1CCC(NC(=O)c2cc(S(N)(=O)=O)ccc2N2CCOCC2)CC1. The monoisotopic (exact) mass is 381 g/mol. The predicted octanol–water partition coefficient (Wildman–Crippen LogP) is 1.48. The van der Waals surface area contributed by atoms with Gasteiger partial charge in [0.05, 0.1) is 23.7 Å². The van der Waals surface area contributed by atoms with E-state index in [0.717, 1.165) is 31.4 Å². The normalized spacial score (nSPS) is 24.3. The number of amides is 1. The van der Waals surface area contributed by atoms with Gasteiger partial charge in [0.25, 0.3) is 5.91 Å². The second-order valence-electron chi connectivity index (χ2n) is 7.25. The van der Waals surface area contributed by atoms with Crippen LogP contribution in [0.25, 0.3) is 0 Å². The quantitative estimate of drug-likeness (QED) is 0.822. The topological polar surface area (TPSA) is 102 Å². The molecule has 2 aliphatic rings. The van der Waals surface area contributed by atoms with Gasteiger partial charge in [-0.3, -0.25) is 4.79 Å². The first kappa shape index (κ1) is 19.1. The number of anilines is 1. The van der Waals surface area contributed by atoms with Crippen molar-refractivity contribution >= 4 is 21.6 Å². The van der Waals surface area contributed by atoms with Crippen LogP contribution in [0.2, 0.25) is 0 Å². The van der Waals surface area contributed by atoms with Crippen LogP contribution in [0.3, 0.4) is 0 Å². The van der Waals surface area contributed by atoms with Crippen LogP contribution < -0.4 is 15.4 Å². The molecule has 26 heavy (non-hydrogen) atoms. The number of carbonyl (C=O) groups excluding carboxylic acids is 1. The lowest BCUT2D eigenvalue weighted by atomic mass is 9.87. The maximum absolute atomic E-state index is 12.9. The van der Waals surface area contributed by atoms with Crippen molar-refractivity contribution < 1.29 is 17.9 Å². The molecule has 3 N–H and O–H groups in total. The highest BCUT2D eigenvalue weighted by Gasteiger charge is 2.25. The number of ether oxygens (including phenoxy) is 1. The number of nitrogens with zero attached hydrogens (tertiary/aromatic N) is 1. The summed E-state index contributed by atoms with van der Waals surface area (Å²) in [5.41, 5.74) is 1.08. The van der Waals surface area contributed by atoms with Crippen LogP contribution in [0.1, 0.15) is 43.0 Å². The lowest BCUT2D eigenvalue weighted by Gasteiger charge is -2.31. The molecule has 0 unspecified atom stereocenters. The number of hydrogen-bond acceptors (Lipinski definition) is 5. The predicted molar refractivity (Wildman–Crippen MR) is 99.7 cm³/mol. The maximum atomic E-state index is 12.9. The summed E-state index contributed by atoms with van der Waals surface area (Å²) < 4.78 is 28.8. The molecule has 1 saturated heterocycles. The van der Waals surface area contributed by atoms with Crippen molar-refractivity contribution in [3.8, 4) is 0 Å². The van der Waals surface area contributed by atoms with Crippen LogP contribution in [0, 0.1) is 5.92 Å². The van der Waals surface area contributed by atoms with Crippen LogP contribution in [-0.4, -0.2) is 46.7 Å². The summed E-state index contributed by atoms with van der Waals surface area (Å²) in [6.07, 6.45) is 4.10. The molecule has 0 radical (unpaired) electrons. The maximum Gasteiger partial charge on any atom is 0.253 e. The standard InChI is InChI=1S/C18H27N3O4S/c1-13-2-4-14(5-3-13)20-18(22)16-12-15(26(19,23)24)6-7-17(16)21-8-10-25-11-9-21/h6-7,12-14H,2-5,8-11H2,1H3,(H,20,22)(H2,19,23,24). The number of morpholine rings is 1. The molecular formula is C18H27N3O4S. The summed E-state index contributed by atoms with van der Waals surface area (Å²) >= 11 is 0. The van der Waals surface area contributed by atoms with Gasteiger partial charge in [0.2, 0.25) is 10.0 Å². The summed E-state index contributed by atoms with van der Waals surface area (Å²) in [5, 5.41) is 8.34. The van der Waals surface area contributed by atoms with Crippen molar-refractivity contribution in [2.45, 2.75) is 43.5 Å². The van der Waals surface area contributed by atoms with E-state index in [1.165, 1.54) is 12.1 Å². The minimum atomic E-state index is -3.87. The first-order valence-corrected chi connectivity index (χ1v) is 10.7. The Morgan fingerprint density at radius 3 is 2.46 bits per heavy atom. The first-order valence-electron chi connectivity index (χ1n) is 9.15. The van der Waals surface area contributed by atoms with E-state index >= 15 is 0 Å². The third-order valence-electron chi connectivity index (χ3n) is 5.24. The minimum Gasteiger partial charge on any atom is -0.378 e. The Morgan fingerprint density at radius 1 is 1.19 bits per heavy atom. The number of carbonyl (C=O) groups is 1. The van der Waals surface area contributed by atoms with Crippen molar-refractivity contribution in [3.63, 3.8) is 0 Å². The Bertz CT molecular complexity index is 752. The van der Waals surface area contributed by atoms with Gasteiger partial charge in [-0.25, -0.2) is 13.6 Å². The Kier molecular flexibility index (Phi) is 5.84. The molecule has 1 heterocycles. The van der Waals surface area contributed by atoms with E-state index in [-0.39, 0.29) is 16.8 Å². The zero-order valence-electron chi connectivity index (χ0n) is 15.1. The second kappa shape index (κ2) is 7.94. The van der Waals surface area contributed by atoms with Crippen LogP contribution in [0.15, 0.2) is 23.1 Å². The minimum absolute atomic E-state index is 0.0445. The zero-order valence-corrected chi connectivity index (χ0v) is 15.9. The highest BCUT2D eigenvalue weighted by Crippen LogP contribution is 2.27. The Labute approximate surface area is 154 Å². The van der Waals surface area contributed by atoms with Crippen molar-refractivity contribution in [1.29, 1.82) is 0 Å². The lowest BCUT2D eigenvalue weighted by molar-refractivity contribution is 0.0921. The Balaban J connectivity index is 1.87. The molecule has 0 aromatic heterocycles. The molecule has 144 valence electrons. The fourth-order valence-corrected chi connectivity index (χ4v) is 4.16. The van der Waals surface area contributed by atoms with Crippen molar-refractivity contribution in [1.82, 2.24) is 5.32 Å². The molecule has 2 fully saturated rings. The fraction of sp³-hybridized carbons (Fsp3) is 0.611. The number of benzene rings is 1. The van der Waals surface area contributed by atoms with Gasteiger partial charge < -0.3 is 15.0 Å². The first-order chi connectivity index (χ1) is 12.3. The third-order valence-corrected chi connectivity index (χ3v) is 6.16. The summed E-state index contributed by atoms with van der Waals surface area (Å²) in [6.45, 7) is 4.72. The third kappa shape index (κ3) is 4.55. The summed E-state index contributed by atoms with van der Waals surface area (Å²) in [7, 11) is -3.87. The number of sulfonamides is 1. The summed E-state index contributed by atoms with van der Waals surface area (Å²) in [5.74, 6) is 0.453. The number of rotatable bonds is 4. The molecular weight excluding hydrogens is 354 g/mol. The van der Waals surface area contributed by atoms with Crippen LogP contribution in [0.5, 0.6) is 0 Å². The van der Waals surface area contributed by atoms with Gasteiger partial charge in [-0.05, 0) is 49.8 Å². The fourth-order valence-electron chi connectivity index (χ4n) is 3.62. The molecule has 0 spiro atoms. The molecule has 1 aromatic rings. The van der Waals surface area contributed by atoms with Gasteiger partial charge in [0.15, 0.2) is 0 Å². The number of nitrogens with one attached hydrogen (secondary N) is 1. The van der Waals surface area contributed by atoms with E-state index in [9.17, 15) is 13.2 Å². The Morgan fingerprint density at radius 2 is 1.85 bits per heavy atom. The molecule has 8 heteroatoms. The molecule has 1 aromatic carbocycles. The van der Waals surface area contributed by atoms with Gasteiger partial charge in [0, 0.05) is 24.8 Å². The van der Waals surface area contributed by atoms with Crippen LogP contribution >= 0.6 is 0 Å². The van der Waals surface area contributed by atoms with E-state index in [2.05, 4.69) is 12.2 Å².